The van der Waals surface area contributed by atoms with Crippen LogP contribution >= 0.6 is 0 Å². The Balaban J connectivity index is 1.96. The fraction of sp³-hybridized carbons (Fsp3) is 0.929. The number of nitrogens with zero attached hydrogens (tertiary/aromatic N) is 1. The summed E-state index contributed by atoms with van der Waals surface area (Å²) >= 11 is 0. The lowest BCUT2D eigenvalue weighted by molar-refractivity contribution is -0.124. The van der Waals surface area contributed by atoms with Gasteiger partial charge in [0.1, 0.15) is 6.29 Å². The Morgan fingerprint density at radius 1 is 1.35 bits per heavy atom. The summed E-state index contributed by atoms with van der Waals surface area (Å²) < 4.78 is 5.38. The summed E-state index contributed by atoms with van der Waals surface area (Å²) in [6.45, 7) is 8.21. The van der Waals surface area contributed by atoms with E-state index < -0.39 is 0 Å². The van der Waals surface area contributed by atoms with E-state index in [0.717, 1.165) is 45.1 Å². The molecule has 2 unspecified atom stereocenters. The molecule has 2 aliphatic rings. The van der Waals surface area contributed by atoms with Crippen molar-refractivity contribution in [2.45, 2.75) is 45.6 Å². The van der Waals surface area contributed by atoms with Crippen LogP contribution in [0.3, 0.4) is 0 Å². The summed E-state index contributed by atoms with van der Waals surface area (Å²) in [5.41, 5.74) is -0.132. The maximum absolute atomic E-state index is 11.4. The SMILES string of the molecule is CC1CCN(CC2(C=O)CCOCC2)C(C)C1. The van der Waals surface area contributed by atoms with Crippen LogP contribution in [0.25, 0.3) is 0 Å². The van der Waals surface area contributed by atoms with Gasteiger partial charge in [0.2, 0.25) is 0 Å². The first-order chi connectivity index (χ1) is 8.15. The van der Waals surface area contributed by atoms with Gasteiger partial charge in [0.15, 0.2) is 0 Å². The van der Waals surface area contributed by atoms with Crippen molar-refractivity contribution < 1.29 is 9.53 Å². The molecule has 0 N–H and O–H groups in total. The molecule has 0 aliphatic carbocycles. The minimum absolute atomic E-state index is 0.132. The lowest BCUT2D eigenvalue weighted by atomic mass is 9.80. The van der Waals surface area contributed by atoms with E-state index in [1.807, 2.05) is 0 Å². The number of rotatable bonds is 3. The maximum atomic E-state index is 11.4. The van der Waals surface area contributed by atoms with Crippen LogP contribution in [0.4, 0.5) is 0 Å². The second-order valence-corrected chi connectivity index (χ2v) is 6.04. The van der Waals surface area contributed by atoms with Crippen LogP contribution in [0, 0.1) is 11.3 Å². The van der Waals surface area contributed by atoms with E-state index >= 15 is 0 Å². The Kier molecular flexibility index (Phi) is 4.21. The summed E-state index contributed by atoms with van der Waals surface area (Å²) in [5, 5.41) is 0. The molecule has 2 rings (SSSR count). The Bertz CT molecular complexity index is 261. The van der Waals surface area contributed by atoms with Crippen LogP contribution in [-0.4, -0.2) is 43.5 Å². The molecular weight excluding hydrogens is 214 g/mol. The van der Waals surface area contributed by atoms with Crippen molar-refractivity contribution in [3.63, 3.8) is 0 Å². The first-order valence-electron chi connectivity index (χ1n) is 6.93. The highest BCUT2D eigenvalue weighted by molar-refractivity contribution is 5.60. The van der Waals surface area contributed by atoms with Gasteiger partial charge in [-0.15, -0.1) is 0 Å². The molecule has 2 atom stereocenters. The van der Waals surface area contributed by atoms with E-state index in [1.54, 1.807) is 0 Å². The average Bonchev–Trinajstić information content (AvgIpc) is 2.34. The average molecular weight is 239 g/mol. The van der Waals surface area contributed by atoms with Gasteiger partial charge in [-0.05, 0) is 45.1 Å². The molecule has 2 aliphatic heterocycles. The summed E-state index contributed by atoms with van der Waals surface area (Å²) in [7, 11) is 0. The van der Waals surface area contributed by atoms with E-state index in [9.17, 15) is 4.79 Å². The third-order valence-corrected chi connectivity index (χ3v) is 4.53. The number of aldehydes is 1. The smallest absolute Gasteiger partial charge is 0.127 e. The maximum Gasteiger partial charge on any atom is 0.127 e. The van der Waals surface area contributed by atoms with Gasteiger partial charge in [0.05, 0.1) is 0 Å². The van der Waals surface area contributed by atoms with Gasteiger partial charge in [-0.2, -0.15) is 0 Å². The van der Waals surface area contributed by atoms with Gasteiger partial charge in [0, 0.05) is 31.2 Å². The molecule has 2 saturated heterocycles. The normalized spacial score (nSPS) is 34.5. The van der Waals surface area contributed by atoms with Crippen LogP contribution in [-0.2, 0) is 9.53 Å². The molecule has 0 spiro atoms. The number of hydrogen-bond donors (Lipinski definition) is 0. The highest BCUT2D eigenvalue weighted by atomic mass is 16.5. The van der Waals surface area contributed by atoms with Gasteiger partial charge in [-0.3, -0.25) is 4.90 Å². The minimum atomic E-state index is -0.132. The van der Waals surface area contributed by atoms with Crippen molar-refractivity contribution in [3.05, 3.63) is 0 Å². The van der Waals surface area contributed by atoms with Crippen LogP contribution in [0.15, 0.2) is 0 Å². The molecule has 3 nitrogen and oxygen atoms in total. The fourth-order valence-corrected chi connectivity index (χ4v) is 3.19. The van der Waals surface area contributed by atoms with Gasteiger partial charge in [-0.1, -0.05) is 6.92 Å². The summed E-state index contributed by atoms with van der Waals surface area (Å²) in [6, 6.07) is 0.624. The second kappa shape index (κ2) is 5.49. The first-order valence-corrected chi connectivity index (χ1v) is 6.93. The Hall–Kier alpha value is -0.410. The number of piperidine rings is 1. The third kappa shape index (κ3) is 3.08. The topological polar surface area (TPSA) is 29.5 Å². The quantitative estimate of drug-likeness (QED) is 0.706. The third-order valence-electron chi connectivity index (χ3n) is 4.53. The van der Waals surface area contributed by atoms with Gasteiger partial charge in [0.25, 0.3) is 0 Å². The fourth-order valence-electron chi connectivity index (χ4n) is 3.19. The van der Waals surface area contributed by atoms with Crippen LogP contribution in [0.1, 0.15) is 39.5 Å². The highest BCUT2D eigenvalue weighted by Crippen LogP contribution is 2.32. The summed E-state index contributed by atoms with van der Waals surface area (Å²) in [6.07, 6.45) is 5.53. The lowest BCUT2D eigenvalue weighted by Crippen LogP contribution is -2.48. The van der Waals surface area contributed by atoms with Crippen LogP contribution in [0.5, 0.6) is 0 Å². The van der Waals surface area contributed by atoms with E-state index in [4.69, 9.17) is 4.74 Å². The van der Waals surface area contributed by atoms with Gasteiger partial charge >= 0.3 is 0 Å². The van der Waals surface area contributed by atoms with Crippen molar-refractivity contribution in [3.8, 4) is 0 Å². The molecule has 0 saturated carbocycles. The monoisotopic (exact) mass is 239 g/mol. The standard InChI is InChI=1S/C14H25NO2/c1-12-3-6-15(13(2)9-12)10-14(11-16)4-7-17-8-5-14/h11-13H,3-10H2,1-2H3. The van der Waals surface area contributed by atoms with Gasteiger partial charge < -0.3 is 9.53 Å². The minimum Gasteiger partial charge on any atom is -0.381 e. The van der Waals surface area contributed by atoms with Gasteiger partial charge in [-0.25, -0.2) is 0 Å². The van der Waals surface area contributed by atoms with Crippen molar-refractivity contribution in [1.82, 2.24) is 4.90 Å². The van der Waals surface area contributed by atoms with Crippen molar-refractivity contribution in [1.29, 1.82) is 0 Å². The molecular formula is C14H25NO2. The predicted octanol–water partition coefficient (Wildman–Crippen LogP) is 2.10. The molecule has 0 aromatic heterocycles. The van der Waals surface area contributed by atoms with E-state index in [0.29, 0.717) is 6.04 Å². The molecule has 0 bridgehead atoms. The zero-order valence-corrected chi connectivity index (χ0v) is 11.2. The molecule has 0 aromatic carbocycles. The molecule has 2 fully saturated rings. The number of carbonyl (C=O) groups is 1. The molecule has 17 heavy (non-hydrogen) atoms. The summed E-state index contributed by atoms with van der Waals surface area (Å²) in [4.78, 5) is 14.0. The van der Waals surface area contributed by atoms with E-state index in [-0.39, 0.29) is 5.41 Å². The molecule has 2 heterocycles. The van der Waals surface area contributed by atoms with E-state index in [2.05, 4.69) is 18.7 Å². The zero-order chi connectivity index (χ0) is 12.3. The Labute approximate surface area is 105 Å². The Morgan fingerprint density at radius 2 is 2.06 bits per heavy atom. The molecule has 98 valence electrons. The number of ether oxygens (including phenoxy) is 1. The summed E-state index contributed by atoms with van der Waals surface area (Å²) in [5.74, 6) is 0.836. The molecule has 3 heteroatoms. The first kappa shape index (κ1) is 13.0. The van der Waals surface area contributed by atoms with Crippen LogP contribution in [0.2, 0.25) is 0 Å². The number of hydrogen-bond acceptors (Lipinski definition) is 3. The van der Waals surface area contributed by atoms with Crippen molar-refractivity contribution in [2.24, 2.45) is 11.3 Å². The Morgan fingerprint density at radius 3 is 2.65 bits per heavy atom. The second-order valence-electron chi connectivity index (χ2n) is 6.04. The van der Waals surface area contributed by atoms with Crippen molar-refractivity contribution in [2.75, 3.05) is 26.3 Å². The predicted molar refractivity (Wildman–Crippen MR) is 68.0 cm³/mol. The lowest BCUT2D eigenvalue weighted by Gasteiger charge is -2.42. The van der Waals surface area contributed by atoms with E-state index in [1.165, 1.54) is 19.1 Å². The largest absolute Gasteiger partial charge is 0.381 e. The zero-order valence-electron chi connectivity index (χ0n) is 11.2. The number of likely N-dealkylation sites (tertiary alicyclic amines) is 1. The van der Waals surface area contributed by atoms with Crippen molar-refractivity contribution >= 4 is 6.29 Å². The number of carbonyl (C=O) groups excluding carboxylic acids is 1. The highest BCUT2D eigenvalue weighted by Gasteiger charge is 2.36. The molecule has 0 amide bonds. The molecule has 0 radical (unpaired) electrons. The molecule has 0 aromatic rings. The van der Waals surface area contributed by atoms with Crippen LogP contribution < -0.4 is 0 Å².